The Balaban J connectivity index is 0.00000104. The number of hydrogen-bond acceptors (Lipinski definition) is 5. The van der Waals surface area contributed by atoms with Gasteiger partial charge in [0.2, 0.25) is 0 Å². The Labute approximate surface area is 154 Å². The predicted molar refractivity (Wildman–Crippen MR) is 98.8 cm³/mol. The molecule has 132 valence electrons. The lowest BCUT2D eigenvalue weighted by atomic mass is 9.98. The highest BCUT2D eigenvalue weighted by atomic mass is 35.5. The summed E-state index contributed by atoms with van der Waals surface area (Å²) in [5.74, 6) is 1.25. The summed E-state index contributed by atoms with van der Waals surface area (Å²) in [7, 11) is 0. The van der Waals surface area contributed by atoms with Gasteiger partial charge in [0.25, 0.3) is 5.89 Å². The summed E-state index contributed by atoms with van der Waals surface area (Å²) in [6, 6.07) is 6.46. The van der Waals surface area contributed by atoms with Gasteiger partial charge in [0.1, 0.15) is 0 Å². The van der Waals surface area contributed by atoms with Gasteiger partial charge in [0, 0.05) is 5.56 Å². The number of rotatable bonds is 2. The van der Waals surface area contributed by atoms with Crippen LogP contribution in [0.4, 0.5) is 0 Å². The van der Waals surface area contributed by atoms with E-state index in [9.17, 15) is 0 Å². The summed E-state index contributed by atoms with van der Waals surface area (Å²) in [5, 5.41) is 7.59. The third-order valence-corrected chi connectivity index (χ3v) is 4.96. The Morgan fingerprint density at radius 2 is 1.75 bits per heavy atom. The molecule has 0 spiro atoms. The maximum absolute atomic E-state index is 6.41. The monoisotopic (exact) mass is 370 g/mol. The van der Waals surface area contributed by atoms with Gasteiger partial charge in [-0.3, -0.25) is 0 Å². The van der Waals surface area contributed by atoms with Crippen LogP contribution in [-0.4, -0.2) is 23.2 Å². The van der Waals surface area contributed by atoms with Crippen molar-refractivity contribution in [2.45, 2.75) is 44.1 Å². The number of aromatic nitrogens is 2. The summed E-state index contributed by atoms with van der Waals surface area (Å²) < 4.78 is 5.49. The Hall–Kier alpha value is -1.14. The van der Waals surface area contributed by atoms with Crippen LogP contribution in [0.2, 0.25) is 0 Å². The van der Waals surface area contributed by atoms with E-state index in [1.165, 1.54) is 11.1 Å². The molecule has 1 aliphatic carbocycles. The smallest absolute Gasteiger partial charge is 0.258 e. The van der Waals surface area contributed by atoms with Gasteiger partial charge in [-0.1, -0.05) is 24.1 Å². The van der Waals surface area contributed by atoms with Crippen molar-refractivity contribution in [3.05, 3.63) is 35.2 Å². The summed E-state index contributed by atoms with van der Waals surface area (Å²) >= 11 is 0. The molecule has 1 saturated carbocycles. The average Bonchev–Trinajstić information content (AvgIpc) is 3.12. The van der Waals surface area contributed by atoms with Gasteiger partial charge >= 0.3 is 0 Å². The first-order valence-corrected chi connectivity index (χ1v) is 8.21. The van der Waals surface area contributed by atoms with Crippen LogP contribution in [0.15, 0.2) is 22.7 Å². The fourth-order valence-electron chi connectivity index (χ4n) is 3.58. The number of halogens is 2. The maximum Gasteiger partial charge on any atom is 0.258 e. The Morgan fingerprint density at radius 1 is 1.04 bits per heavy atom. The van der Waals surface area contributed by atoms with Gasteiger partial charge in [-0.15, -0.1) is 24.8 Å². The van der Waals surface area contributed by atoms with Crippen molar-refractivity contribution < 1.29 is 4.52 Å². The normalized spacial score (nSPS) is 18.9. The fourth-order valence-corrected chi connectivity index (χ4v) is 3.58. The highest BCUT2D eigenvalue weighted by Crippen LogP contribution is 2.35. The van der Waals surface area contributed by atoms with Crippen LogP contribution in [0.1, 0.15) is 42.6 Å². The lowest BCUT2D eigenvalue weighted by Crippen LogP contribution is -2.34. The number of nitrogens with two attached hydrogens (primary N) is 1. The molecule has 1 aromatic heterocycles. The lowest BCUT2D eigenvalue weighted by Gasteiger charge is -2.17. The molecule has 1 fully saturated rings. The van der Waals surface area contributed by atoms with Gasteiger partial charge in [-0.25, -0.2) is 0 Å². The number of nitrogens with one attached hydrogen (secondary N) is 1. The van der Waals surface area contributed by atoms with Crippen molar-refractivity contribution in [3.63, 3.8) is 0 Å². The maximum atomic E-state index is 6.41. The molecule has 3 N–H and O–H groups in total. The molecule has 0 radical (unpaired) electrons. The molecule has 5 nitrogen and oxygen atoms in total. The van der Waals surface area contributed by atoms with Gasteiger partial charge in [0.15, 0.2) is 5.82 Å². The minimum atomic E-state index is -0.392. The van der Waals surface area contributed by atoms with Gasteiger partial charge in [-0.2, -0.15) is 4.98 Å². The van der Waals surface area contributed by atoms with Crippen molar-refractivity contribution in [3.8, 4) is 11.5 Å². The average molecular weight is 371 g/mol. The molecule has 0 amide bonds. The first-order valence-electron chi connectivity index (χ1n) is 8.21. The first-order chi connectivity index (χ1) is 10.7. The zero-order valence-electron chi connectivity index (χ0n) is 13.6. The lowest BCUT2D eigenvalue weighted by molar-refractivity contribution is 0.372. The zero-order valence-corrected chi connectivity index (χ0v) is 15.2. The second-order valence-electron chi connectivity index (χ2n) is 6.52. The molecule has 2 aromatic rings. The molecule has 0 bridgehead atoms. The summed E-state index contributed by atoms with van der Waals surface area (Å²) in [6.45, 7) is 2.07. The minimum Gasteiger partial charge on any atom is -0.334 e. The van der Waals surface area contributed by atoms with Crippen LogP contribution in [0, 0.1) is 0 Å². The van der Waals surface area contributed by atoms with Crippen molar-refractivity contribution in [2.75, 3.05) is 13.1 Å². The van der Waals surface area contributed by atoms with Crippen molar-refractivity contribution in [1.29, 1.82) is 0 Å². The molecule has 0 saturated heterocycles. The quantitative estimate of drug-likeness (QED) is 0.849. The second kappa shape index (κ2) is 7.83. The Bertz CT molecular complexity index is 683. The molecular weight excluding hydrogens is 347 g/mol. The Kier molecular flexibility index (Phi) is 6.26. The summed E-state index contributed by atoms with van der Waals surface area (Å²) in [6.07, 6.45) is 6.31. The molecule has 7 heteroatoms. The molecule has 2 aliphatic rings. The molecule has 1 aromatic carbocycles. The summed E-state index contributed by atoms with van der Waals surface area (Å²) in [4.78, 5) is 4.59. The first kappa shape index (κ1) is 19.2. The van der Waals surface area contributed by atoms with E-state index in [1.54, 1.807) is 0 Å². The topological polar surface area (TPSA) is 77.0 Å². The second-order valence-corrected chi connectivity index (χ2v) is 6.52. The van der Waals surface area contributed by atoms with E-state index in [0.717, 1.165) is 57.2 Å². The number of fused-ring (bicyclic) bond motifs is 1. The van der Waals surface area contributed by atoms with Crippen molar-refractivity contribution in [1.82, 2.24) is 15.5 Å². The van der Waals surface area contributed by atoms with E-state index < -0.39 is 5.54 Å². The zero-order chi connectivity index (χ0) is 15.0. The van der Waals surface area contributed by atoms with Crippen molar-refractivity contribution >= 4 is 24.8 Å². The van der Waals surface area contributed by atoms with Crippen LogP contribution in [0.3, 0.4) is 0 Å². The van der Waals surface area contributed by atoms with E-state index in [1.807, 2.05) is 0 Å². The number of nitrogens with zero attached hydrogens (tertiary/aromatic N) is 2. The predicted octanol–water partition coefficient (Wildman–Crippen LogP) is 3.00. The third-order valence-electron chi connectivity index (χ3n) is 4.96. The third kappa shape index (κ3) is 3.59. The molecule has 0 unspecified atom stereocenters. The van der Waals surface area contributed by atoms with E-state index in [2.05, 4.69) is 33.7 Å². The van der Waals surface area contributed by atoms with Crippen molar-refractivity contribution in [2.24, 2.45) is 5.73 Å². The van der Waals surface area contributed by atoms with E-state index in [0.29, 0.717) is 11.7 Å². The standard InChI is InChI=1S/C17H22N4O.2ClH/c18-17(7-1-2-8-17)16-20-15(22-21-16)14-4-3-12-5-9-19-10-6-13(12)11-14;;/h3-4,11,19H,1-2,5-10,18H2;2*1H. The van der Waals surface area contributed by atoms with E-state index in [4.69, 9.17) is 10.3 Å². The van der Waals surface area contributed by atoms with Crippen LogP contribution < -0.4 is 11.1 Å². The van der Waals surface area contributed by atoms with E-state index >= 15 is 0 Å². The van der Waals surface area contributed by atoms with Crippen LogP contribution in [0.25, 0.3) is 11.5 Å². The molecular formula is C17H24Cl2N4O. The van der Waals surface area contributed by atoms with Gasteiger partial charge < -0.3 is 15.6 Å². The number of benzene rings is 1. The molecule has 1 aliphatic heterocycles. The largest absolute Gasteiger partial charge is 0.334 e. The molecule has 4 rings (SSSR count). The number of hydrogen-bond donors (Lipinski definition) is 2. The molecule has 2 heterocycles. The van der Waals surface area contributed by atoms with Crippen LogP contribution in [-0.2, 0) is 18.4 Å². The molecule has 0 atom stereocenters. The molecule has 24 heavy (non-hydrogen) atoms. The SMILES string of the molecule is Cl.Cl.NC1(c2noc(-c3ccc4c(c3)CCNCC4)n2)CCCC1. The van der Waals surface area contributed by atoms with Gasteiger partial charge in [0.05, 0.1) is 5.54 Å². The highest BCUT2D eigenvalue weighted by molar-refractivity contribution is 5.85. The minimum absolute atomic E-state index is 0. The van der Waals surface area contributed by atoms with Crippen LogP contribution in [0.5, 0.6) is 0 Å². The van der Waals surface area contributed by atoms with Crippen LogP contribution >= 0.6 is 24.8 Å². The fraction of sp³-hybridized carbons (Fsp3) is 0.529. The summed E-state index contributed by atoms with van der Waals surface area (Å²) in [5.41, 5.74) is 9.82. The van der Waals surface area contributed by atoms with E-state index in [-0.39, 0.29) is 24.8 Å². The van der Waals surface area contributed by atoms with Gasteiger partial charge in [-0.05, 0) is 62.0 Å². The Morgan fingerprint density at radius 3 is 2.50 bits per heavy atom. The highest BCUT2D eigenvalue weighted by Gasteiger charge is 2.36.